The number of hydrogen-bond acceptors (Lipinski definition) is 4. The maximum absolute atomic E-state index is 12.8. The van der Waals surface area contributed by atoms with Gasteiger partial charge in [0.15, 0.2) is 11.5 Å². The molecule has 2 amide bonds. The van der Waals surface area contributed by atoms with E-state index in [2.05, 4.69) is 5.32 Å². The summed E-state index contributed by atoms with van der Waals surface area (Å²) in [6, 6.07) is 16.8. The largest absolute Gasteiger partial charge is 0.486 e. The van der Waals surface area contributed by atoms with Crippen molar-refractivity contribution in [1.29, 1.82) is 0 Å². The lowest BCUT2D eigenvalue weighted by molar-refractivity contribution is -0.120. The van der Waals surface area contributed by atoms with Gasteiger partial charge in [-0.05, 0) is 42.1 Å². The molecule has 6 heteroatoms. The predicted molar refractivity (Wildman–Crippen MR) is 110 cm³/mol. The monoisotopic (exact) mass is 388 g/mol. The van der Waals surface area contributed by atoms with Crippen molar-refractivity contribution >= 4 is 28.3 Å². The van der Waals surface area contributed by atoms with Gasteiger partial charge in [0, 0.05) is 10.9 Å². The van der Waals surface area contributed by atoms with Crippen LogP contribution in [0, 0.1) is 0 Å². The molecule has 0 spiro atoms. The average molecular weight is 388 g/mol. The van der Waals surface area contributed by atoms with Crippen LogP contribution in [-0.4, -0.2) is 31.6 Å². The van der Waals surface area contributed by atoms with E-state index in [0.29, 0.717) is 30.3 Å². The first-order valence-corrected chi connectivity index (χ1v) is 9.64. The van der Waals surface area contributed by atoms with E-state index >= 15 is 0 Å². The molecule has 1 atom stereocenters. The van der Waals surface area contributed by atoms with Crippen molar-refractivity contribution < 1.29 is 19.1 Å². The van der Waals surface area contributed by atoms with Gasteiger partial charge in [-0.15, -0.1) is 0 Å². The van der Waals surface area contributed by atoms with Crippen LogP contribution >= 0.6 is 0 Å². The molecule has 0 aliphatic carbocycles. The van der Waals surface area contributed by atoms with Crippen LogP contribution in [0.1, 0.15) is 28.9 Å². The van der Waals surface area contributed by atoms with Gasteiger partial charge in [-0.1, -0.05) is 30.3 Å². The minimum absolute atomic E-state index is 0.0263. The molecule has 0 saturated carbocycles. The van der Waals surface area contributed by atoms with Crippen LogP contribution in [0.3, 0.4) is 0 Å². The number of benzene rings is 3. The van der Waals surface area contributed by atoms with Crippen LogP contribution in [-0.2, 0) is 4.79 Å². The van der Waals surface area contributed by atoms with Crippen LogP contribution < -0.4 is 19.7 Å². The van der Waals surface area contributed by atoms with E-state index in [4.69, 9.17) is 9.47 Å². The van der Waals surface area contributed by atoms with E-state index in [9.17, 15) is 9.59 Å². The van der Waals surface area contributed by atoms with Crippen molar-refractivity contribution in [2.45, 2.75) is 13.0 Å². The molecule has 2 aliphatic rings. The van der Waals surface area contributed by atoms with Gasteiger partial charge < -0.3 is 14.8 Å². The first-order chi connectivity index (χ1) is 14.1. The number of nitrogens with one attached hydrogen (secondary N) is 1. The van der Waals surface area contributed by atoms with Gasteiger partial charge in [0.05, 0.1) is 11.7 Å². The Morgan fingerprint density at radius 3 is 2.66 bits per heavy atom. The summed E-state index contributed by atoms with van der Waals surface area (Å²) in [6.07, 6.45) is 0. The molecule has 6 nitrogen and oxygen atoms in total. The van der Waals surface area contributed by atoms with Crippen molar-refractivity contribution in [3.8, 4) is 11.5 Å². The molecule has 3 aromatic rings. The molecule has 0 bridgehead atoms. The number of nitrogens with zero attached hydrogens (tertiary/aromatic N) is 1. The quantitative estimate of drug-likeness (QED) is 0.743. The van der Waals surface area contributed by atoms with Gasteiger partial charge in [-0.3, -0.25) is 14.5 Å². The fourth-order valence-electron chi connectivity index (χ4n) is 3.98. The molecule has 0 unspecified atom stereocenters. The lowest BCUT2D eigenvalue weighted by atomic mass is 10.1. The standard InChI is InChI=1S/C23H20N2O4/c1-14(16-8-9-19-20(12-16)29-11-10-28-19)24-21(26)13-25-18-7-3-5-15-4-2-6-17(22(15)18)23(25)27/h2-9,12,14H,10-11,13H2,1H3,(H,24,26)/t14-/m1/s1. The topological polar surface area (TPSA) is 67.9 Å². The number of fused-ring (bicyclic) bond motifs is 1. The normalized spacial score (nSPS) is 15.5. The Labute approximate surface area is 168 Å². The third kappa shape index (κ3) is 2.97. The van der Waals surface area contributed by atoms with E-state index < -0.39 is 0 Å². The minimum Gasteiger partial charge on any atom is -0.486 e. The van der Waals surface area contributed by atoms with Crippen molar-refractivity contribution in [2.24, 2.45) is 0 Å². The van der Waals surface area contributed by atoms with Gasteiger partial charge in [-0.2, -0.15) is 0 Å². The van der Waals surface area contributed by atoms with Crippen LogP contribution in [0.5, 0.6) is 11.5 Å². The molecular formula is C23H20N2O4. The summed E-state index contributed by atoms with van der Waals surface area (Å²) in [6.45, 7) is 2.93. The van der Waals surface area contributed by atoms with Gasteiger partial charge in [0.1, 0.15) is 19.8 Å². The Bertz CT molecular complexity index is 1140. The summed E-state index contributed by atoms with van der Waals surface area (Å²) < 4.78 is 11.2. The molecule has 2 aliphatic heterocycles. The number of carbonyl (C=O) groups excluding carboxylic acids is 2. The van der Waals surface area contributed by atoms with E-state index in [1.807, 2.05) is 61.5 Å². The molecule has 0 saturated heterocycles. The Hall–Kier alpha value is -3.54. The summed E-state index contributed by atoms with van der Waals surface area (Å²) in [5.41, 5.74) is 2.34. The molecule has 1 N–H and O–H groups in total. The summed E-state index contributed by atoms with van der Waals surface area (Å²) in [5.74, 6) is 1.04. The van der Waals surface area contributed by atoms with Gasteiger partial charge in [0.25, 0.3) is 5.91 Å². The number of anilines is 1. The Kier molecular flexibility index (Phi) is 4.12. The first-order valence-electron chi connectivity index (χ1n) is 9.64. The Morgan fingerprint density at radius 1 is 1.07 bits per heavy atom. The number of amides is 2. The second kappa shape index (κ2) is 6.81. The lowest BCUT2D eigenvalue weighted by Crippen LogP contribution is -2.39. The van der Waals surface area contributed by atoms with E-state index in [1.54, 1.807) is 4.90 Å². The second-order valence-corrected chi connectivity index (χ2v) is 7.26. The maximum Gasteiger partial charge on any atom is 0.259 e. The summed E-state index contributed by atoms with van der Waals surface area (Å²) in [7, 11) is 0. The second-order valence-electron chi connectivity index (χ2n) is 7.26. The number of carbonyl (C=O) groups is 2. The third-order valence-corrected chi connectivity index (χ3v) is 5.39. The third-order valence-electron chi connectivity index (χ3n) is 5.39. The highest BCUT2D eigenvalue weighted by Gasteiger charge is 2.31. The minimum atomic E-state index is -0.228. The van der Waals surface area contributed by atoms with Gasteiger partial charge >= 0.3 is 0 Å². The molecule has 0 aromatic heterocycles. The number of hydrogen-bond donors (Lipinski definition) is 1. The summed E-state index contributed by atoms with van der Waals surface area (Å²) in [4.78, 5) is 27.1. The number of rotatable bonds is 4. The van der Waals surface area contributed by atoms with Crippen molar-refractivity contribution in [3.63, 3.8) is 0 Å². The maximum atomic E-state index is 12.8. The average Bonchev–Trinajstić information content (AvgIpc) is 3.01. The highest BCUT2D eigenvalue weighted by atomic mass is 16.6. The zero-order valence-corrected chi connectivity index (χ0v) is 16.0. The summed E-state index contributed by atoms with van der Waals surface area (Å²) >= 11 is 0. The smallest absolute Gasteiger partial charge is 0.259 e. The first kappa shape index (κ1) is 17.6. The van der Waals surface area contributed by atoms with Crippen LogP contribution in [0.2, 0.25) is 0 Å². The highest BCUT2D eigenvalue weighted by Crippen LogP contribution is 2.37. The molecule has 3 aromatic carbocycles. The van der Waals surface area contributed by atoms with Crippen molar-refractivity contribution in [1.82, 2.24) is 5.32 Å². The van der Waals surface area contributed by atoms with Crippen molar-refractivity contribution in [3.05, 3.63) is 65.7 Å². The summed E-state index contributed by atoms with van der Waals surface area (Å²) in [5, 5.41) is 4.89. The Morgan fingerprint density at radius 2 is 1.83 bits per heavy atom. The number of ether oxygens (including phenoxy) is 2. The van der Waals surface area contributed by atoms with Crippen molar-refractivity contribution in [2.75, 3.05) is 24.7 Å². The van der Waals surface area contributed by atoms with Gasteiger partial charge in [0.2, 0.25) is 5.91 Å². The molecule has 29 heavy (non-hydrogen) atoms. The molecule has 146 valence electrons. The van der Waals surface area contributed by atoms with E-state index in [-0.39, 0.29) is 24.4 Å². The Balaban J connectivity index is 1.33. The molecule has 0 radical (unpaired) electrons. The van der Waals surface area contributed by atoms with E-state index in [1.165, 1.54) is 0 Å². The zero-order chi connectivity index (χ0) is 20.0. The molecule has 0 fully saturated rings. The van der Waals surface area contributed by atoms with Crippen LogP contribution in [0.25, 0.3) is 10.8 Å². The lowest BCUT2D eigenvalue weighted by Gasteiger charge is -2.22. The SMILES string of the molecule is C[C@@H](NC(=O)CN1C(=O)c2cccc3cccc1c23)c1ccc2c(c1)OCCO2. The van der Waals surface area contributed by atoms with E-state index in [0.717, 1.165) is 22.0 Å². The highest BCUT2D eigenvalue weighted by molar-refractivity contribution is 6.26. The van der Waals surface area contributed by atoms with Gasteiger partial charge in [-0.25, -0.2) is 0 Å². The molecular weight excluding hydrogens is 368 g/mol. The molecule has 2 heterocycles. The molecule has 5 rings (SSSR count). The zero-order valence-electron chi connectivity index (χ0n) is 16.0. The fourth-order valence-corrected chi connectivity index (χ4v) is 3.98. The van der Waals surface area contributed by atoms with Crippen LogP contribution in [0.4, 0.5) is 5.69 Å². The predicted octanol–water partition coefficient (Wildman–Crippen LogP) is 3.45. The van der Waals surface area contributed by atoms with Crippen LogP contribution in [0.15, 0.2) is 54.6 Å². The fraction of sp³-hybridized carbons (Fsp3) is 0.217.